The molecule has 0 saturated carbocycles. The highest BCUT2D eigenvalue weighted by molar-refractivity contribution is 7.22. The minimum absolute atomic E-state index is 0.00150. The molecule has 0 aliphatic carbocycles. The van der Waals surface area contributed by atoms with Gasteiger partial charge in [0.25, 0.3) is 5.91 Å². The summed E-state index contributed by atoms with van der Waals surface area (Å²) in [6, 6.07) is 8.46. The number of amides is 1. The summed E-state index contributed by atoms with van der Waals surface area (Å²) >= 11 is 1.77. The van der Waals surface area contributed by atoms with Crippen molar-refractivity contribution >= 4 is 32.6 Å². The van der Waals surface area contributed by atoms with Crippen LogP contribution in [0.2, 0.25) is 0 Å². The Balaban J connectivity index is 1.43. The lowest BCUT2D eigenvalue weighted by Crippen LogP contribution is -2.45. The second-order valence-corrected chi connectivity index (χ2v) is 8.13. The minimum atomic E-state index is 0.00150. The molecule has 142 valence electrons. The van der Waals surface area contributed by atoms with E-state index in [1.807, 2.05) is 19.0 Å². The fourth-order valence-corrected chi connectivity index (χ4v) is 4.80. The Morgan fingerprint density at radius 1 is 1.30 bits per heavy atom. The molecule has 0 bridgehead atoms. The van der Waals surface area contributed by atoms with Crippen molar-refractivity contribution in [2.24, 2.45) is 7.05 Å². The highest BCUT2D eigenvalue weighted by Crippen LogP contribution is 2.32. The van der Waals surface area contributed by atoms with Crippen LogP contribution in [0.4, 0.5) is 5.13 Å². The molecule has 0 N–H and O–H groups in total. The Morgan fingerprint density at radius 3 is 2.74 bits per heavy atom. The number of rotatable bonds is 4. The number of benzene rings is 1. The Hall–Kier alpha value is -2.41. The number of para-hydroxylation sites is 1. The van der Waals surface area contributed by atoms with Gasteiger partial charge in [-0.15, -0.1) is 0 Å². The summed E-state index contributed by atoms with van der Waals surface area (Å²) < 4.78 is 2.93. The molecule has 2 aromatic heterocycles. The molecule has 0 unspecified atom stereocenters. The van der Waals surface area contributed by atoms with Crippen LogP contribution >= 0.6 is 11.3 Å². The topological polar surface area (TPSA) is 54.3 Å². The predicted molar refractivity (Wildman–Crippen MR) is 110 cm³/mol. The predicted octanol–water partition coefficient (Wildman–Crippen LogP) is 3.33. The molecule has 0 spiro atoms. The van der Waals surface area contributed by atoms with Gasteiger partial charge in [-0.25, -0.2) is 4.98 Å². The van der Waals surface area contributed by atoms with E-state index in [0.29, 0.717) is 5.69 Å². The zero-order valence-corrected chi connectivity index (χ0v) is 16.9. The van der Waals surface area contributed by atoms with E-state index in [9.17, 15) is 4.79 Å². The fraction of sp³-hybridized carbons (Fsp3) is 0.450. The van der Waals surface area contributed by atoms with Crippen LogP contribution in [0.25, 0.3) is 10.2 Å². The van der Waals surface area contributed by atoms with E-state index < -0.39 is 0 Å². The third-order valence-corrected chi connectivity index (χ3v) is 6.49. The van der Waals surface area contributed by atoms with Crippen molar-refractivity contribution in [1.82, 2.24) is 19.7 Å². The Bertz CT molecular complexity index is 954. The average Bonchev–Trinajstić information content (AvgIpc) is 3.33. The number of carbonyl (C=O) groups is 1. The standard InChI is InChI=1S/C20H25N5OS/c1-4-14-6-5-7-17-18(14)21-20(27-17)25-12-8-15(9-13-25)24(3)19(26)16-10-11-23(2)22-16/h5-7,10-11,15H,4,8-9,12-13H2,1-3H3. The summed E-state index contributed by atoms with van der Waals surface area (Å²) in [6.45, 7) is 4.02. The summed E-state index contributed by atoms with van der Waals surface area (Å²) in [4.78, 5) is 21.8. The van der Waals surface area contributed by atoms with Gasteiger partial charge >= 0.3 is 0 Å². The van der Waals surface area contributed by atoms with Crippen molar-refractivity contribution in [3.63, 3.8) is 0 Å². The Kier molecular flexibility index (Phi) is 4.86. The Morgan fingerprint density at radius 2 is 2.07 bits per heavy atom. The normalized spacial score (nSPS) is 15.4. The van der Waals surface area contributed by atoms with Gasteiger partial charge in [-0.2, -0.15) is 5.10 Å². The molecule has 6 nitrogen and oxygen atoms in total. The lowest BCUT2D eigenvalue weighted by atomic mass is 10.0. The number of hydrogen-bond donors (Lipinski definition) is 0. The zero-order valence-electron chi connectivity index (χ0n) is 16.1. The smallest absolute Gasteiger partial charge is 0.274 e. The molecule has 0 atom stereocenters. The molecule has 1 aliphatic rings. The number of piperidine rings is 1. The molecule has 3 aromatic rings. The molecule has 7 heteroatoms. The molecule has 27 heavy (non-hydrogen) atoms. The van der Waals surface area contributed by atoms with E-state index in [1.54, 1.807) is 28.3 Å². The van der Waals surface area contributed by atoms with E-state index >= 15 is 0 Å². The first-order valence-electron chi connectivity index (χ1n) is 9.47. The third kappa shape index (κ3) is 3.43. The summed E-state index contributed by atoms with van der Waals surface area (Å²) in [7, 11) is 3.72. The van der Waals surface area contributed by atoms with Gasteiger partial charge in [0, 0.05) is 39.4 Å². The monoisotopic (exact) mass is 383 g/mol. The third-order valence-electron chi connectivity index (χ3n) is 5.41. The van der Waals surface area contributed by atoms with E-state index in [-0.39, 0.29) is 11.9 Å². The first-order valence-corrected chi connectivity index (χ1v) is 10.3. The van der Waals surface area contributed by atoms with Gasteiger partial charge in [0.05, 0.1) is 10.2 Å². The maximum Gasteiger partial charge on any atom is 0.274 e. The lowest BCUT2D eigenvalue weighted by molar-refractivity contribution is 0.0702. The molecule has 1 aromatic carbocycles. The highest BCUT2D eigenvalue weighted by atomic mass is 32.1. The first kappa shape index (κ1) is 18.0. The van der Waals surface area contributed by atoms with Crippen LogP contribution in [0.5, 0.6) is 0 Å². The number of aromatic nitrogens is 3. The van der Waals surface area contributed by atoms with Crippen LogP contribution in [-0.4, -0.2) is 51.8 Å². The van der Waals surface area contributed by atoms with E-state index in [0.717, 1.165) is 43.0 Å². The molecular formula is C20H25N5OS. The highest BCUT2D eigenvalue weighted by Gasteiger charge is 2.28. The second kappa shape index (κ2) is 7.31. The van der Waals surface area contributed by atoms with Crippen LogP contribution in [-0.2, 0) is 13.5 Å². The number of hydrogen-bond acceptors (Lipinski definition) is 5. The zero-order chi connectivity index (χ0) is 19.0. The Labute approximate surface area is 163 Å². The summed E-state index contributed by atoms with van der Waals surface area (Å²) in [5.41, 5.74) is 2.97. The first-order chi connectivity index (χ1) is 13.1. The average molecular weight is 384 g/mol. The number of carbonyl (C=O) groups excluding carboxylic acids is 1. The lowest BCUT2D eigenvalue weighted by Gasteiger charge is -2.36. The number of anilines is 1. The number of nitrogens with zero attached hydrogens (tertiary/aromatic N) is 5. The largest absolute Gasteiger partial charge is 0.348 e. The molecule has 1 saturated heterocycles. The number of aryl methyl sites for hydroxylation is 2. The van der Waals surface area contributed by atoms with Crippen molar-refractivity contribution in [3.8, 4) is 0 Å². The van der Waals surface area contributed by atoms with E-state index in [1.165, 1.54) is 10.3 Å². The van der Waals surface area contributed by atoms with Gasteiger partial charge in [-0.3, -0.25) is 9.48 Å². The molecule has 0 radical (unpaired) electrons. The SMILES string of the molecule is CCc1cccc2sc(N3CCC(N(C)C(=O)c4ccn(C)n4)CC3)nc12. The van der Waals surface area contributed by atoms with Gasteiger partial charge in [-0.05, 0) is 37.0 Å². The van der Waals surface area contributed by atoms with Crippen LogP contribution in [0.3, 0.4) is 0 Å². The van der Waals surface area contributed by atoms with Gasteiger partial charge in [-0.1, -0.05) is 30.4 Å². The maximum atomic E-state index is 12.6. The van der Waals surface area contributed by atoms with Crippen molar-refractivity contribution < 1.29 is 4.79 Å². The molecule has 3 heterocycles. The van der Waals surface area contributed by atoms with E-state index in [2.05, 4.69) is 35.1 Å². The maximum absolute atomic E-state index is 12.6. The van der Waals surface area contributed by atoms with Crippen molar-refractivity contribution in [2.75, 3.05) is 25.0 Å². The summed E-state index contributed by atoms with van der Waals surface area (Å²) in [5.74, 6) is 0.00150. The van der Waals surface area contributed by atoms with Gasteiger partial charge in [0.2, 0.25) is 0 Å². The van der Waals surface area contributed by atoms with Crippen LogP contribution in [0.1, 0.15) is 35.8 Å². The van der Waals surface area contributed by atoms with Gasteiger partial charge in [0.1, 0.15) is 5.69 Å². The minimum Gasteiger partial charge on any atom is -0.348 e. The summed E-state index contributed by atoms with van der Waals surface area (Å²) in [6.07, 6.45) is 4.71. The van der Waals surface area contributed by atoms with Crippen molar-refractivity contribution in [2.45, 2.75) is 32.2 Å². The van der Waals surface area contributed by atoms with Gasteiger partial charge < -0.3 is 9.80 Å². The summed E-state index contributed by atoms with van der Waals surface area (Å²) in [5, 5.41) is 5.34. The van der Waals surface area contributed by atoms with Crippen molar-refractivity contribution in [3.05, 3.63) is 41.7 Å². The molecule has 1 aliphatic heterocycles. The van der Waals surface area contributed by atoms with E-state index in [4.69, 9.17) is 4.98 Å². The van der Waals surface area contributed by atoms with Crippen LogP contribution in [0, 0.1) is 0 Å². The van der Waals surface area contributed by atoms with Gasteiger partial charge in [0.15, 0.2) is 5.13 Å². The molecular weight excluding hydrogens is 358 g/mol. The number of fused-ring (bicyclic) bond motifs is 1. The fourth-order valence-electron chi connectivity index (χ4n) is 3.73. The quantitative estimate of drug-likeness (QED) is 0.693. The second-order valence-electron chi connectivity index (χ2n) is 7.12. The van der Waals surface area contributed by atoms with Crippen LogP contribution < -0.4 is 4.90 Å². The molecule has 4 rings (SSSR count). The van der Waals surface area contributed by atoms with Crippen molar-refractivity contribution in [1.29, 1.82) is 0 Å². The van der Waals surface area contributed by atoms with Crippen LogP contribution in [0.15, 0.2) is 30.5 Å². The molecule has 1 fully saturated rings. The molecule has 1 amide bonds. The number of thiazole rings is 1.